The van der Waals surface area contributed by atoms with Crippen molar-refractivity contribution in [1.82, 2.24) is 9.62 Å². The van der Waals surface area contributed by atoms with Crippen molar-refractivity contribution in [3.05, 3.63) is 60.2 Å². The summed E-state index contributed by atoms with van der Waals surface area (Å²) in [5.74, 6) is 0.377. The van der Waals surface area contributed by atoms with Crippen molar-refractivity contribution in [2.45, 2.75) is 63.0 Å². The molecule has 1 aliphatic carbocycles. The molecule has 2 aromatic rings. The highest BCUT2D eigenvalue weighted by molar-refractivity contribution is 7.89. The van der Waals surface area contributed by atoms with Gasteiger partial charge in [0.1, 0.15) is 5.75 Å². The van der Waals surface area contributed by atoms with Crippen LogP contribution in [0.15, 0.2) is 59.5 Å². The number of rotatable bonds is 13. The number of carbonyl (C=O) groups excluding carboxylic acids is 1. The van der Waals surface area contributed by atoms with E-state index in [1.54, 1.807) is 26.2 Å². The van der Waals surface area contributed by atoms with E-state index in [2.05, 4.69) is 5.32 Å². The number of ether oxygens (including phenoxy) is 2. The molecule has 0 spiro atoms. The lowest BCUT2D eigenvalue weighted by Crippen LogP contribution is -2.59. The second-order valence-electron chi connectivity index (χ2n) is 10.9. The van der Waals surface area contributed by atoms with E-state index in [-0.39, 0.29) is 29.8 Å². The van der Waals surface area contributed by atoms with Crippen molar-refractivity contribution in [2.75, 3.05) is 33.9 Å². The number of methoxy groups -OCH3 is 2. The third kappa shape index (κ3) is 6.57. The summed E-state index contributed by atoms with van der Waals surface area (Å²) in [6, 6.07) is 15.4. The molecule has 1 amide bonds. The SMILES string of the molecule is COCC1(C(=O)N[C@@](C)(c2ccccc2)[C@@H](O)CN(CC(C)C)S(=O)(=O)c2ccc(OC)cc2)CCCC1. The summed E-state index contributed by atoms with van der Waals surface area (Å²) in [6.07, 6.45) is 2.05. The minimum absolute atomic E-state index is 0.0104. The zero-order valence-electron chi connectivity index (χ0n) is 23.1. The Balaban J connectivity index is 1.97. The molecule has 0 radical (unpaired) electrons. The number of nitrogens with one attached hydrogen (secondary N) is 1. The maximum atomic E-state index is 13.7. The highest BCUT2D eigenvalue weighted by atomic mass is 32.2. The third-order valence-electron chi connectivity index (χ3n) is 7.52. The van der Waals surface area contributed by atoms with Gasteiger partial charge in [-0.15, -0.1) is 0 Å². The topological polar surface area (TPSA) is 105 Å². The molecule has 8 nitrogen and oxygen atoms in total. The Hall–Kier alpha value is -2.46. The van der Waals surface area contributed by atoms with Gasteiger partial charge in [-0.05, 0) is 55.5 Å². The molecule has 1 aliphatic rings. The summed E-state index contributed by atoms with van der Waals surface area (Å²) in [5.41, 5.74) is -1.22. The number of sulfonamides is 1. The van der Waals surface area contributed by atoms with Crippen LogP contribution in [0.4, 0.5) is 0 Å². The molecule has 0 unspecified atom stereocenters. The first-order chi connectivity index (χ1) is 18.0. The fourth-order valence-corrected chi connectivity index (χ4v) is 6.83. The van der Waals surface area contributed by atoms with Gasteiger partial charge in [0.25, 0.3) is 0 Å². The Kier molecular flexibility index (Phi) is 9.97. The number of aliphatic hydroxyl groups excluding tert-OH is 1. The molecule has 2 atom stereocenters. The van der Waals surface area contributed by atoms with Crippen LogP contribution in [0.2, 0.25) is 0 Å². The number of hydrogen-bond donors (Lipinski definition) is 2. The molecule has 0 heterocycles. The van der Waals surface area contributed by atoms with Crippen molar-refractivity contribution >= 4 is 15.9 Å². The van der Waals surface area contributed by atoms with Crippen LogP contribution in [-0.4, -0.2) is 63.8 Å². The van der Waals surface area contributed by atoms with Gasteiger partial charge in [-0.2, -0.15) is 4.31 Å². The molecule has 9 heteroatoms. The molecular formula is C29H42N2O6S. The molecule has 1 fully saturated rings. The molecule has 0 saturated heterocycles. The molecule has 2 aromatic carbocycles. The smallest absolute Gasteiger partial charge is 0.243 e. The minimum atomic E-state index is -3.94. The van der Waals surface area contributed by atoms with Crippen LogP contribution in [0, 0.1) is 11.3 Å². The van der Waals surface area contributed by atoms with E-state index >= 15 is 0 Å². The van der Waals surface area contributed by atoms with Crippen LogP contribution in [0.3, 0.4) is 0 Å². The minimum Gasteiger partial charge on any atom is -0.497 e. The van der Waals surface area contributed by atoms with Crippen LogP contribution in [0.1, 0.15) is 52.0 Å². The molecule has 2 N–H and O–H groups in total. The lowest BCUT2D eigenvalue weighted by Gasteiger charge is -2.41. The Labute approximate surface area is 227 Å². The first kappa shape index (κ1) is 30.1. The van der Waals surface area contributed by atoms with Crippen LogP contribution in [0.25, 0.3) is 0 Å². The fourth-order valence-electron chi connectivity index (χ4n) is 5.22. The third-order valence-corrected chi connectivity index (χ3v) is 9.36. The summed E-state index contributed by atoms with van der Waals surface area (Å²) >= 11 is 0. The summed E-state index contributed by atoms with van der Waals surface area (Å²) in [6.45, 7) is 5.91. The van der Waals surface area contributed by atoms with Crippen molar-refractivity contribution in [3.63, 3.8) is 0 Å². The lowest BCUT2D eigenvalue weighted by atomic mass is 9.81. The Morgan fingerprint density at radius 1 is 1.05 bits per heavy atom. The van der Waals surface area contributed by atoms with E-state index in [9.17, 15) is 18.3 Å². The number of amides is 1. The second-order valence-corrected chi connectivity index (χ2v) is 12.8. The number of nitrogens with zero attached hydrogens (tertiary/aromatic N) is 1. The van der Waals surface area contributed by atoms with E-state index < -0.39 is 27.1 Å². The monoisotopic (exact) mass is 546 g/mol. The largest absolute Gasteiger partial charge is 0.497 e. The number of aliphatic hydroxyl groups is 1. The van der Waals surface area contributed by atoms with E-state index in [1.165, 1.54) is 23.5 Å². The van der Waals surface area contributed by atoms with Crippen molar-refractivity contribution in [1.29, 1.82) is 0 Å². The molecule has 0 aliphatic heterocycles. The average Bonchev–Trinajstić information content (AvgIpc) is 3.38. The molecule has 3 rings (SSSR count). The predicted molar refractivity (Wildman–Crippen MR) is 147 cm³/mol. The normalized spacial score (nSPS) is 17.8. The van der Waals surface area contributed by atoms with Gasteiger partial charge in [0.05, 0.1) is 35.7 Å². The maximum absolute atomic E-state index is 13.7. The van der Waals surface area contributed by atoms with Crippen molar-refractivity contribution in [2.24, 2.45) is 11.3 Å². The van der Waals surface area contributed by atoms with Crippen LogP contribution < -0.4 is 10.1 Å². The summed E-state index contributed by atoms with van der Waals surface area (Å²) in [5, 5.41) is 14.9. The van der Waals surface area contributed by atoms with Crippen molar-refractivity contribution in [3.8, 4) is 5.75 Å². The zero-order valence-corrected chi connectivity index (χ0v) is 24.0. The fraction of sp³-hybridized carbons (Fsp3) is 0.552. The average molecular weight is 547 g/mol. The van der Waals surface area contributed by atoms with Crippen LogP contribution >= 0.6 is 0 Å². The first-order valence-electron chi connectivity index (χ1n) is 13.2. The number of hydrogen-bond acceptors (Lipinski definition) is 6. The number of carbonyl (C=O) groups is 1. The summed E-state index contributed by atoms with van der Waals surface area (Å²) in [4.78, 5) is 13.9. The predicted octanol–water partition coefficient (Wildman–Crippen LogP) is 3.94. The standard InChI is InChI=1S/C29H42N2O6S/c1-22(2)19-31(38(34,35)25-15-13-24(37-5)14-16-25)20-26(32)28(3,23-11-7-6-8-12-23)30-27(33)29(21-36-4)17-9-10-18-29/h6-8,11-16,22,26,32H,9-10,17-21H2,1-5H3,(H,30,33)/t26-,28-/m0/s1. The van der Waals surface area contributed by atoms with Gasteiger partial charge in [-0.1, -0.05) is 57.0 Å². The van der Waals surface area contributed by atoms with Gasteiger partial charge < -0.3 is 19.9 Å². The van der Waals surface area contributed by atoms with E-state index in [4.69, 9.17) is 9.47 Å². The van der Waals surface area contributed by atoms with Crippen LogP contribution in [-0.2, 0) is 25.1 Å². The van der Waals surface area contributed by atoms with Gasteiger partial charge in [0.2, 0.25) is 15.9 Å². The maximum Gasteiger partial charge on any atom is 0.243 e. The van der Waals surface area contributed by atoms with E-state index in [1.807, 2.05) is 44.2 Å². The van der Waals surface area contributed by atoms with Gasteiger partial charge in [0.15, 0.2) is 0 Å². The van der Waals surface area contributed by atoms with Gasteiger partial charge >= 0.3 is 0 Å². The Bertz CT molecular complexity index is 1150. The van der Waals surface area contributed by atoms with Crippen molar-refractivity contribution < 1.29 is 27.8 Å². The molecule has 0 aromatic heterocycles. The highest BCUT2D eigenvalue weighted by Crippen LogP contribution is 2.40. The number of benzene rings is 2. The zero-order chi connectivity index (χ0) is 28.0. The highest BCUT2D eigenvalue weighted by Gasteiger charge is 2.46. The molecule has 1 saturated carbocycles. The van der Waals surface area contributed by atoms with Gasteiger partial charge in [-0.3, -0.25) is 4.79 Å². The molecular weight excluding hydrogens is 504 g/mol. The van der Waals surface area contributed by atoms with Gasteiger partial charge in [0, 0.05) is 20.2 Å². The second kappa shape index (κ2) is 12.6. The quantitative estimate of drug-likeness (QED) is 0.394. The lowest BCUT2D eigenvalue weighted by molar-refractivity contribution is -0.137. The summed E-state index contributed by atoms with van der Waals surface area (Å²) < 4.78 is 39.3. The Morgan fingerprint density at radius 3 is 2.18 bits per heavy atom. The van der Waals surface area contributed by atoms with E-state index in [0.29, 0.717) is 30.8 Å². The molecule has 210 valence electrons. The van der Waals surface area contributed by atoms with Gasteiger partial charge in [-0.25, -0.2) is 8.42 Å². The first-order valence-corrected chi connectivity index (χ1v) is 14.6. The molecule has 38 heavy (non-hydrogen) atoms. The molecule has 0 bridgehead atoms. The Morgan fingerprint density at radius 2 is 1.66 bits per heavy atom. The van der Waals surface area contributed by atoms with Crippen LogP contribution in [0.5, 0.6) is 5.75 Å². The van der Waals surface area contributed by atoms with E-state index in [0.717, 1.165) is 12.8 Å². The summed E-state index contributed by atoms with van der Waals surface area (Å²) in [7, 11) is -0.829.